The first-order chi connectivity index (χ1) is 10.0. The van der Waals surface area contributed by atoms with Crippen molar-refractivity contribution in [3.8, 4) is 0 Å². The molecule has 7 heteroatoms. The van der Waals surface area contributed by atoms with Crippen molar-refractivity contribution >= 4 is 17.3 Å². The van der Waals surface area contributed by atoms with Gasteiger partial charge in [0.1, 0.15) is 5.69 Å². The number of hydrogen-bond donors (Lipinski definition) is 1. The third-order valence-corrected chi connectivity index (χ3v) is 2.93. The van der Waals surface area contributed by atoms with Crippen LogP contribution in [0.5, 0.6) is 0 Å². The summed E-state index contributed by atoms with van der Waals surface area (Å²) in [6.07, 6.45) is 0. The van der Waals surface area contributed by atoms with Gasteiger partial charge in [0.05, 0.1) is 11.5 Å². The minimum atomic E-state index is -0.491. The number of rotatable bonds is 8. The van der Waals surface area contributed by atoms with Crippen molar-refractivity contribution in [2.75, 3.05) is 38.7 Å². The van der Waals surface area contributed by atoms with E-state index in [1.807, 2.05) is 13.8 Å². The number of hydrogen-bond acceptors (Lipinski definition) is 5. The van der Waals surface area contributed by atoms with E-state index < -0.39 is 4.92 Å². The Kier molecular flexibility index (Phi) is 6.61. The van der Waals surface area contributed by atoms with Crippen molar-refractivity contribution in [2.45, 2.75) is 13.8 Å². The van der Waals surface area contributed by atoms with Crippen molar-refractivity contribution in [3.63, 3.8) is 0 Å². The van der Waals surface area contributed by atoms with Crippen molar-refractivity contribution in [1.29, 1.82) is 0 Å². The van der Waals surface area contributed by atoms with Crippen LogP contribution in [0.15, 0.2) is 18.2 Å². The molecule has 7 nitrogen and oxygen atoms in total. The second-order valence-electron chi connectivity index (χ2n) is 4.44. The molecule has 0 saturated carbocycles. The van der Waals surface area contributed by atoms with Crippen LogP contribution in [-0.2, 0) is 4.74 Å². The monoisotopic (exact) mass is 295 g/mol. The van der Waals surface area contributed by atoms with Crippen LogP contribution in [0.25, 0.3) is 0 Å². The van der Waals surface area contributed by atoms with E-state index in [2.05, 4.69) is 5.32 Å². The third-order valence-electron chi connectivity index (χ3n) is 2.93. The lowest BCUT2D eigenvalue weighted by atomic mass is 10.1. The van der Waals surface area contributed by atoms with Gasteiger partial charge in [0, 0.05) is 38.4 Å². The molecule has 1 rings (SSSR count). The summed E-state index contributed by atoms with van der Waals surface area (Å²) in [5, 5.41) is 14.0. The predicted octanol–water partition coefficient (Wildman–Crippen LogP) is 2.14. The minimum absolute atomic E-state index is 0.0964. The van der Waals surface area contributed by atoms with Crippen LogP contribution in [0.3, 0.4) is 0 Å². The molecule has 0 aromatic heterocycles. The molecule has 21 heavy (non-hydrogen) atoms. The maximum atomic E-state index is 12.2. The molecule has 0 aliphatic heterocycles. The number of nitrogens with zero attached hydrogens (tertiary/aromatic N) is 2. The fourth-order valence-electron chi connectivity index (χ4n) is 1.82. The summed E-state index contributed by atoms with van der Waals surface area (Å²) >= 11 is 0. The molecule has 0 aliphatic carbocycles. The van der Waals surface area contributed by atoms with Gasteiger partial charge in [-0.15, -0.1) is 0 Å². The molecule has 1 aromatic carbocycles. The number of carbonyl (C=O) groups excluding carboxylic acids is 1. The van der Waals surface area contributed by atoms with E-state index in [-0.39, 0.29) is 11.6 Å². The zero-order chi connectivity index (χ0) is 15.8. The van der Waals surface area contributed by atoms with Gasteiger partial charge in [0.15, 0.2) is 0 Å². The number of carbonyl (C=O) groups is 1. The summed E-state index contributed by atoms with van der Waals surface area (Å²) in [5.41, 5.74) is 0.610. The first kappa shape index (κ1) is 16.9. The van der Waals surface area contributed by atoms with Gasteiger partial charge in [-0.25, -0.2) is 0 Å². The number of ether oxygens (including phenoxy) is 1. The summed E-state index contributed by atoms with van der Waals surface area (Å²) in [5.74, 6) is -0.263. The fourth-order valence-corrected chi connectivity index (χ4v) is 1.82. The molecule has 0 saturated heterocycles. The number of nitro groups is 1. The summed E-state index contributed by atoms with van der Waals surface area (Å²) in [6.45, 7) is 5.77. The summed E-state index contributed by atoms with van der Waals surface area (Å²) < 4.78 is 5.19. The molecule has 0 unspecified atom stereocenters. The quantitative estimate of drug-likeness (QED) is 0.451. The number of anilines is 1. The van der Waals surface area contributed by atoms with Gasteiger partial charge in [-0.1, -0.05) is 0 Å². The summed E-state index contributed by atoms with van der Waals surface area (Å²) in [4.78, 5) is 24.3. The van der Waals surface area contributed by atoms with Crippen LogP contribution in [0.4, 0.5) is 11.4 Å². The SMILES string of the molecule is CCNc1ccc(C(=O)N(C)CCOCC)cc1[N+](=O)[O-]. The first-order valence-corrected chi connectivity index (χ1v) is 6.86. The largest absolute Gasteiger partial charge is 0.380 e. The molecule has 1 amide bonds. The number of nitro benzene ring substituents is 1. The Morgan fingerprint density at radius 2 is 2.14 bits per heavy atom. The highest BCUT2D eigenvalue weighted by molar-refractivity contribution is 5.95. The molecular weight excluding hydrogens is 274 g/mol. The molecule has 0 fully saturated rings. The Hall–Kier alpha value is -2.15. The molecule has 1 N–H and O–H groups in total. The molecule has 0 heterocycles. The van der Waals surface area contributed by atoms with E-state index in [0.717, 1.165) is 0 Å². The Labute approximate surface area is 124 Å². The highest BCUT2D eigenvalue weighted by atomic mass is 16.6. The minimum Gasteiger partial charge on any atom is -0.380 e. The Morgan fingerprint density at radius 1 is 1.43 bits per heavy atom. The molecule has 116 valence electrons. The van der Waals surface area contributed by atoms with Gasteiger partial charge >= 0.3 is 0 Å². The summed E-state index contributed by atoms with van der Waals surface area (Å²) in [7, 11) is 1.64. The average molecular weight is 295 g/mol. The predicted molar refractivity (Wildman–Crippen MR) is 80.7 cm³/mol. The lowest BCUT2D eigenvalue weighted by Gasteiger charge is -2.17. The zero-order valence-electron chi connectivity index (χ0n) is 12.6. The van der Waals surface area contributed by atoms with Crippen LogP contribution in [-0.4, -0.2) is 49.1 Å². The van der Waals surface area contributed by atoms with Gasteiger partial charge in [0.2, 0.25) is 0 Å². The fraction of sp³-hybridized carbons (Fsp3) is 0.500. The molecule has 0 spiro atoms. The standard InChI is InChI=1S/C14H21N3O4/c1-4-15-12-7-6-11(10-13(12)17(19)20)14(18)16(3)8-9-21-5-2/h6-7,10,15H,4-5,8-9H2,1-3H3. The molecule has 0 atom stereocenters. The van der Waals surface area contributed by atoms with E-state index in [1.54, 1.807) is 19.2 Å². The van der Waals surface area contributed by atoms with E-state index >= 15 is 0 Å². The van der Waals surface area contributed by atoms with Gasteiger partial charge in [0.25, 0.3) is 11.6 Å². The Bertz CT molecular complexity index is 505. The molecule has 0 radical (unpaired) electrons. The molecular formula is C14H21N3O4. The Balaban J connectivity index is 2.89. The van der Waals surface area contributed by atoms with Crippen molar-refractivity contribution in [1.82, 2.24) is 4.90 Å². The molecule has 1 aromatic rings. The van der Waals surface area contributed by atoms with Crippen LogP contribution >= 0.6 is 0 Å². The number of benzene rings is 1. The lowest BCUT2D eigenvalue weighted by molar-refractivity contribution is -0.384. The third kappa shape index (κ3) is 4.71. The maximum Gasteiger partial charge on any atom is 0.293 e. The van der Waals surface area contributed by atoms with Gasteiger partial charge in [-0.2, -0.15) is 0 Å². The average Bonchev–Trinajstić information content (AvgIpc) is 2.47. The van der Waals surface area contributed by atoms with Crippen LogP contribution < -0.4 is 5.32 Å². The molecule has 0 bridgehead atoms. The highest BCUT2D eigenvalue weighted by Gasteiger charge is 2.19. The van der Waals surface area contributed by atoms with E-state index in [9.17, 15) is 14.9 Å². The zero-order valence-corrected chi connectivity index (χ0v) is 12.6. The van der Waals surface area contributed by atoms with Gasteiger partial charge < -0.3 is 15.0 Å². The van der Waals surface area contributed by atoms with E-state index in [1.165, 1.54) is 11.0 Å². The van der Waals surface area contributed by atoms with E-state index in [4.69, 9.17) is 4.74 Å². The summed E-state index contributed by atoms with van der Waals surface area (Å²) in [6, 6.07) is 4.45. The van der Waals surface area contributed by atoms with E-state index in [0.29, 0.717) is 37.6 Å². The van der Waals surface area contributed by atoms with Crippen molar-refractivity contribution < 1.29 is 14.5 Å². The topological polar surface area (TPSA) is 84.7 Å². The normalized spacial score (nSPS) is 10.2. The molecule has 0 aliphatic rings. The van der Waals surface area contributed by atoms with Crippen LogP contribution in [0.2, 0.25) is 0 Å². The number of amides is 1. The van der Waals surface area contributed by atoms with Crippen molar-refractivity contribution in [2.24, 2.45) is 0 Å². The number of nitrogens with one attached hydrogen (secondary N) is 1. The second-order valence-corrected chi connectivity index (χ2v) is 4.44. The van der Waals surface area contributed by atoms with Crippen LogP contribution in [0.1, 0.15) is 24.2 Å². The van der Waals surface area contributed by atoms with Crippen molar-refractivity contribution in [3.05, 3.63) is 33.9 Å². The maximum absolute atomic E-state index is 12.2. The van der Waals surface area contributed by atoms with Crippen LogP contribution in [0, 0.1) is 10.1 Å². The smallest absolute Gasteiger partial charge is 0.293 e. The highest BCUT2D eigenvalue weighted by Crippen LogP contribution is 2.25. The van der Waals surface area contributed by atoms with Gasteiger partial charge in [-0.3, -0.25) is 14.9 Å². The lowest BCUT2D eigenvalue weighted by Crippen LogP contribution is -2.30. The Morgan fingerprint density at radius 3 is 2.71 bits per heavy atom. The number of likely N-dealkylation sites (N-methyl/N-ethyl adjacent to an activating group) is 1. The second kappa shape index (κ2) is 8.21. The van der Waals surface area contributed by atoms with Gasteiger partial charge in [-0.05, 0) is 26.0 Å². The first-order valence-electron chi connectivity index (χ1n) is 6.86.